The zero-order valence-corrected chi connectivity index (χ0v) is 12.1. The van der Waals surface area contributed by atoms with Gasteiger partial charge in [0.2, 0.25) is 11.8 Å². The van der Waals surface area contributed by atoms with E-state index in [2.05, 4.69) is 0 Å². The number of hydrogen-bond donors (Lipinski definition) is 1. The molecule has 1 unspecified atom stereocenters. The second kappa shape index (κ2) is 5.26. The minimum atomic E-state index is -0.326. The summed E-state index contributed by atoms with van der Waals surface area (Å²) in [5.41, 5.74) is 5.19. The molecular formula is C13H25N3O2. The number of carbonyl (C=O) groups excluding carboxylic acids is 2. The molecule has 1 atom stereocenters. The first-order valence-corrected chi connectivity index (χ1v) is 6.51. The number of hydrogen-bond acceptors (Lipinski definition) is 3. The second-order valence-corrected chi connectivity index (χ2v) is 6.00. The minimum absolute atomic E-state index is 0.0128. The van der Waals surface area contributed by atoms with Crippen LogP contribution in [0, 0.1) is 5.92 Å². The molecule has 1 heterocycles. The molecule has 1 fully saturated rings. The van der Waals surface area contributed by atoms with E-state index in [1.54, 1.807) is 11.8 Å². The second-order valence-electron chi connectivity index (χ2n) is 6.00. The molecule has 1 saturated heterocycles. The molecular weight excluding hydrogens is 230 g/mol. The summed E-state index contributed by atoms with van der Waals surface area (Å²) in [6.45, 7) is 10.9. The highest BCUT2D eigenvalue weighted by atomic mass is 16.2. The summed E-state index contributed by atoms with van der Waals surface area (Å²) in [5, 5.41) is 0. The summed E-state index contributed by atoms with van der Waals surface area (Å²) in [5.74, 6) is -0.236. The van der Waals surface area contributed by atoms with Crippen LogP contribution in [0.1, 0.15) is 34.6 Å². The topological polar surface area (TPSA) is 66.6 Å². The summed E-state index contributed by atoms with van der Waals surface area (Å²) >= 11 is 0. The summed E-state index contributed by atoms with van der Waals surface area (Å²) in [7, 11) is 0. The fourth-order valence-corrected chi connectivity index (χ4v) is 2.73. The van der Waals surface area contributed by atoms with Crippen LogP contribution in [0.3, 0.4) is 0 Å². The lowest BCUT2D eigenvalue weighted by Gasteiger charge is -2.49. The van der Waals surface area contributed by atoms with Crippen LogP contribution >= 0.6 is 0 Å². The first-order valence-electron chi connectivity index (χ1n) is 6.51. The number of nitrogens with zero attached hydrogens (tertiary/aromatic N) is 2. The van der Waals surface area contributed by atoms with Gasteiger partial charge in [-0.05, 0) is 27.7 Å². The van der Waals surface area contributed by atoms with Gasteiger partial charge in [-0.1, -0.05) is 6.92 Å². The zero-order chi connectivity index (χ0) is 14.1. The van der Waals surface area contributed by atoms with Gasteiger partial charge in [0, 0.05) is 25.0 Å². The SMILES string of the molecule is CC(CN)C(=O)N1CC(=O)N(C(C)C)C(C)(C)C1. The van der Waals surface area contributed by atoms with Crippen molar-refractivity contribution >= 4 is 11.8 Å². The van der Waals surface area contributed by atoms with Crippen molar-refractivity contribution in [2.75, 3.05) is 19.6 Å². The Morgan fingerprint density at radius 3 is 2.33 bits per heavy atom. The summed E-state index contributed by atoms with van der Waals surface area (Å²) in [4.78, 5) is 27.8. The molecule has 5 nitrogen and oxygen atoms in total. The fourth-order valence-electron chi connectivity index (χ4n) is 2.73. The molecule has 0 aromatic heterocycles. The number of piperazine rings is 1. The predicted molar refractivity (Wildman–Crippen MR) is 70.9 cm³/mol. The van der Waals surface area contributed by atoms with Gasteiger partial charge in [0.05, 0.1) is 12.1 Å². The normalized spacial score (nSPS) is 21.4. The molecule has 0 radical (unpaired) electrons. The largest absolute Gasteiger partial charge is 0.332 e. The van der Waals surface area contributed by atoms with Crippen molar-refractivity contribution in [3.8, 4) is 0 Å². The van der Waals surface area contributed by atoms with E-state index in [9.17, 15) is 9.59 Å². The molecule has 1 rings (SSSR count). The Morgan fingerprint density at radius 2 is 1.94 bits per heavy atom. The Hall–Kier alpha value is -1.10. The zero-order valence-electron chi connectivity index (χ0n) is 12.1. The Kier molecular flexibility index (Phi) is 4.37. The highest BCUT2D eigenvalue weighted by molar-refractivity contribution is 5.87. The molecule has 2 N–H and O–H groups in total. The van der Waals surface area contributed by atoms with Gasteiger partial charge >= 0.3 is 0 Å². The van der Waals surface area contributed by atoms with Crippen LogP contribution in [0.2, 0.25) is 0 Å². The van der Waals surface area contributed by atoms with Crippen LogP contribution in [0.5, 0.6) is 0 Å². The van der Waals surface area contributed by atoms with Crippen LogP contribution in [-0.4, -0.2) is 52.8 Å². The lowest BCUT2D eigenvalue weighted by molar-refractivity contribution is -0.157. The smallest absolute Gasteiger partial charge is 0.242 e. The van der Waals surface area contributed by atoms with Crippen molar-refractivity contribution in [1.82, 2.24) is 9.80 Å². The van der Waals surface area contributed by atoms with E-state index in [-0.39, 0.29) is 35.9 Å². The average molecular weight is 255 g/mol. The van der Waals surface area contributed by atoms with E-state index in [1.807, 2.05) is 32.6 Å². The Balaban J connectivity index is 2.87. The van der Waals surface area contributed by atoms with Crippen LogP contribution in [0.15, 0.2) is 0 Å². The van der Waals surface area contributed by atoms with Gasteiger partial charge in [-0.25, -0.2) is 0 Å². The van der Waals surface area contributed by atoms with Gasteiger partial charge in [0.15, 0.2) is 0 Å². The molecule has 104 valence electrons. The number of amides is 2. The monoisotopic (exact) mass is 255 g/mol. The third-order valence-electron chi connectivity index (χ3n) is 3.43. The van der Waals surface area contributed by atoms with Crippen molar-refractivity contribution in [3.05, 3.63) is 0 Å². The van der Waals surface area contributed by atoms with Crippen LogP contribution in [0.4, 0.5) is 0 Å². The lowest BCUT2D eigenvalue weighted by Crippen LogP contribution is -2.65. The third-order valence-corrected chi connectivity index (χ3v) is 3.43. The van der Waals surface area contributed by atoms with Crippen LogP contribution in [-0.2, 0) is 9.59 Å². The van der Waals surface area contributed by atoms with Crippen molar-refractivity contribution in [2.45, 2.75) is 46.2 Å². The molecule has 0 saturated carbocycles. The number of carbonyl (C=O) groups is 2. The van der Waals surface area contributed by atoms with E-state index in [0.717, 1.165) is 0 Å². The molecule has 0 aliphatic carbocycles. The van der Waals surface area contributed by atoms with E-state index in [1.165, 1.54) is 0 Å². The Bertz CT molecular complexity index is 339. The lowest BCUT2D eigenvalue weighted by atomic mass is 9.95. The van der Waals surface area contributed by atoms with Gasteiger partial charge in [0.25, 0.3) is 0 Å². The molecule has 1 aliphatic rings. The van der Waals surface area contributed by atoms with E-state index in [0.29, 0.717) is 13.1 Å². The minimum Gasteiger partial charge on any atom is -0.332 e. The predicted octanol–water partition coefficient (Wildman–Crippen LogP) is 0.439. The van der Waals surface area contributed by atoms with Gasteiger partial charge in [-0.15, -0.1) is 0 Å². The Morgan fingerprint density at radius 1 is 1.39 bits per heavy atom. The van der Waals surface area contributed by atoms with Crippen LogP contribution in [0.25, 0.3) is 0 Å². The maximum atomic E-state index is 12.2. The summed E-state index contributed by atoms with van der Waals surface area (Å²) in [6, 6.07) is 0.150. The number of rotatable bonds is 3. The number of nitrogens with two attached hydrogens (primary N) is 1. The van der Waals surface area contributed by atoms with Crippen LogP contribution < -0.4 is 5.73 Å². The molecule has 0 bridgehead atoms. The molecule has 0 aromatic rings. The van der Waals surface area contributed by atoms with Crippen molar-refractivity contribution < 1.29 is 9.59 Å². The summed E-state index contributed by atoms with van der Waals surface area (Å²) < 4.78 is 0. The maximum absolute atomic E-state index is 12.2. The van der Waals surface area contributed by atoms with Gasteiger partial charge in [0.1, 0.15) is 0 Å². The van der Waals surface area contributed by atoms with E-state index in [4.69, 9.17) is 5.73 Å². The van der Waals surface area contributed by atoms with Gasteiger partial charge in [-0.2, -0.15) is 0 Å². The first-order chi connectivity index (χ1) is 8.20. The average Bonchev–Trinajstić information content (AvgIpc) is 2.23. The molecule has 5 heteroatoms. The third kappa shape index (κ3) is 2.83. The highest BCUT2D eigenvalue weighted by Gasteiger charge is 2.41. The molecule has 18 heavy (non-hydrogen) atoms. The fraction of sp³-hybridized carbons (Fsp3) is 0.846. The summed E-state index contributed by atoms with van der Waals surface area (Å²) in [6.07, 6.45) is 0. The van der Waals surface area contributed by atoms with Crippen molar-refractivity contribution in [1.29, 1.82) is 0 Å². The quantitative estimate of drug-likeness (QED) is 0.795. The highest BCUT2D eigenvalue weighted by Crippen LogP contribution is 2.25. The van der Waals surface area contributed by atoms with Gasteiger partial charge < -0.3 is 15.5 Å². The van der Waals surface area contributed by atoms with E-state index >= 15 is 0 Å². The first kappa shape index (κ1) is 15.0. The van der Waals surface area contributed by atoms with E-state index < -0.39 is 0 Å². The maximum Gasteiger partial charge on any atom is 0.242 e. The molecule has 0 spiro atoms. The standard InChI is InChI=1S/C13H25N3O2/c1-9(2)16-11(17)7-15(8-13(16,4)5)12(18)10(3)6-14/h9-10H,6-8,14H2,1-5H3. The van der Waals surface area contributed by atoms with Crippen molar-refractivity contribution in [3.63, 3.8) is 0 Å². The molecule has 1 aliphatic heterocycles. The van der Waals surface area contributed by atoms with Gasteiger partial charge in [-0.3, -0.25) is 9.59 Å². The molecule has 2 amide bonds. The molecule has 0 aromatic carbocycles. The van der Waals surface area contributed by atoms with Crippen molar-refractivity contribution in [2.24, 2.45) is 11.7 Å². The Labute approximate surface area is 109 Å².